The first-order valence-electron chi connectivity index (χ1n) is 8.63. The molecule has 2 N–H and O–H groups in total. The third kappa shape index (κ3) is 10.1. The van der Waals surface area contributed by atoms with E-state index in [1.807, 2.05) is 30.3 Å². The number of likely N-dealkylation sites (N-methyl/N-ethyl adjacent to an activating group) is 1. The van der Waals surface area contributed by atoms with Gasteiger partial charge in [-0.15, -0.1) is 0 Å². The molecule has 0 aromatic heterocycles. The zero-order valence-electron chi connectivity index (χ0n) is 15.3. The van der Waals surface area contributed by atoms with E-state index in [9.17, 15) is 0 Å². The van der Waals surface area contributed by atoms with E-state index < -0.39 is 0 Å². The van der Waals surface area contributed by atoms with Crippen LogP contribution in [-0.2, 0) is 4.74 Å². The topological polar surface area (TPSA) is 58.1 Å². The second-order valence-electron chi connectivity index (χ2n) is 5.50. The Bertz CT molecular complexity index is 440. The third-order valence-corrected chi connectivity index (χ3v) is 3.39. The average Bonchev–Trinajstić information content (AvgIpc) is 2.60. The molecule has 0 saturated heterocycles. The van der Waals surface area contributed by atoms with Gasteiger partial charge in [0.05, 0.1) is 13.2 Å². The molecule has 0 aliphatic heterocycles. The molecule has 0 heterocycles. The predicted octanol–water partition coefficient (Wildman–Crippen LogP) is 1.59. The molecule has 0 radical (unpaired) electrons. The Labute approximate surface area is 146 Å². The number of para-hydroxylation sites is 1. The molecule has 0 amide bonds. The molecule has 0 aliphatic rings. The van der Waals surface area contributed by atoms with Gasteiger partial charge in [-0.3, -0.25) is 4.99 Å². The summed E-state index contributed by atoms with van der Waals surface area (Å²) in [7, 11) is 3.81. The maximum Gasteiger partial charge on any atom is 0.191 e. The highest BCUT2D eigenvalue weighted by atomic mass is 16.5. The highest BCUT2D eigenvalue weighted by Crippen LogP contribution is 2.08. The van der Waals surface area contributed by atoms with Crippen LogP contribution in [0.5, 0.6) is 5.75 Å². The Hall–Kier alpha value is -1.79. The molecular weight excluding hydrogens is 304 g/mol. The Morgan fingerprint density at radius 2 is 1.92 bits per heavy atom. The van der Waals surface area contributed by atoms with Gasteiger partial charge >= 0.3 is 0 Å². The van der Waals surface area contributed by atoms with E-state index in [-0.39, 0.29) is 0 Å². The molecule has 24 heavy (non-hydrogen) atoms. The molecule has 0 fully saturated rings. The summed E-state index contributed by atoms with van der Waals surface area (Å²) in [4.78, 5) is 6.80. The van der Waals surface area contributed by atoms with Crippen molar-refractivity contribution >= 4 is 5.96 Å². The van der Waals surface area contributed by atoms with Crippen LogP contribution in [0.15, 0.2) is 35.3 Å². The van der Waals surface area contributed by atoms with Gasteiger partial charge in [-0.25, -0.2) is 0 Å². The number of nitrogens with zero attached hydrogens (tertiary/aromatic N) is 2. The van der Waals surface area contributed by atoms with Crippen LogP contribution in [0.25, 0.3) is 0 Å². The van der Waals surface area contributed by atoms with Crippen molar-refractivity contribution in [2.24, 2.45) is 4.99 Å². The van der Waals surface area contributed by atoms with Gasteiger partial charge in [0.1, 0.15) is 5.75 Å². The summed E-state index contributed by atoms with van der Waals surface area (Å²) in [6.45, 7) is 7.83. The molecule has 0 aliphatic carbocycles. The number of hydrogen-bond donors (Lipinski definition) is 2. The normalized spacial score (nSPS) is 11.6. The quantitative estimate of drug-likeness (QED) is 0.345. The molecule has 0 saturated carbocycles. The average molecular weight is 336 g/mol. The van der Waals surface area contributed by atoms with Gasteiger partial charge in [-0.2, -0.15) is 0 Å². The van der Waals surface area contributed by atoms with E-state index in [4.69, 9.17) is 9.47 Å². The maximum absolute atomic E-state index is 5.67. The first kappa shape index (κ1) is 20.3. The smallest absolute Gasteiger partial charge is 0.191 e. The zero-order chi connectivity index (χ0) is 17.5. The molecule has 1 rings (SSSR count). The van der Waals surface area contributed by atoms with E-state index in [1.54, 1.807) is 7.11 Å². The molecule has 0 atom stereocenters. The number of benzene rings is 1. The van der Waals surface area contributed by atoms with Gasteiger partial charge in [0.25, 0.3) is 0 Å². The summed E-state index contributed by atoms with van der Waals surface area (Å²) in [5.74, 6) is 1.77. The van der Waals surface area contributed by atoms with E-state index in [0.29, 0.717) is 6.61 Å². The fraction of sp³-hybridized carbons (Fsp3) is 0.611. The minimum absolute atomic E-state index is 0.673. The Balaban J connectivity index is 2.19. The van der Waals surface area contributed by atoms with Gasteiger partial charge in [-0.1, -0.05) is 18.2 Å². The highest BCUT2D eigenvalue weighted by Gasteiger charge is 2.00. The monoisotopic (exact) mass is 336 g/mol. The summed E-state index contributed by atoms with van der Waals surface area (Å²) >= 11 is 0. The summed E-state index contributed by atoms with van der Waals surface area (Å²) in [5, 5.41) is 6.62. The number of aliphatic imine (C=N–C) groups is 1. The number of guanidine groups is 1. The first-order chi connectivity index (χ1) is 11.8. The Morgan fingerprint density at radius 1 is 1.12 bits per heavy atom. The van der Waals surface area contributed by atoms with Crippen molar-refractivity contribution in [1.82, 2.24) is 15.5 Å². The lowest BCUT2D eigenvalue weighted by Gasteiger charge is -2.17. The minimum atomic E-state index is 0.673. The van der Waals surface area contributed by atoms with Crippen LogP contribution in [-0.4, -0.2) is 71.0 Å². The molecule has 1 aromatic rings. The molecule has 0 spiro atoms. The summed E-state index contributed by atoms with van der Waals surface area (Å²) in [6.07, 6.45) is 0.888. The van der Waals surface area contributed by atoms with Crippen molar-refractivity contribution in [1.29, 1.82) is 0 Å². The number of hydrogen-bond acceptors (Lipinski definition) is 4. The van der Waals surface area contributed by atoms with Crippen molar-refractivity contribution < 1.29 is 9.47 Å². The van der Waals surface area contributed by atoms with Crippen LogP contribution in [0.3, 0.4) is 0 Å². The van der Waals surface area contributed by atoms with Gasteiger partial charge in [0.15, 0.2) is 5.96 Å². The molecule has 136 valence electrons. The molecule has 0 unspecified atom stereocenters. The summed E-state index contributed by atoms with van der Waals surface area (Å²) in [6, 6.07) is 9.87. The molecular formula is C18H32N4O2. The van der Waals surface area contributed by atoms with Crippen LogP contribution in [0.4, 0.5) is 0 Å². The largest absolute Gasteiger partial charge is 0.494 e. The second kappa shape index (κ2) is 13.6. The van der Waals surface area contributed by atoms with Gasteiger partial charge in [-0.05, 0) is 26.1 Å². The first-order valence-corrected chi connectivity index (χ1v) is 8.63. The van der Waals surface area contributed by atoms with Crippen molar-refractivity contribution in [3.8, 4) is 5.75 Å². The molecule has 0 bridgehead atoms. The molecule has 1 aromatic carbocycles. The van der Waals surface area contributed by atoms with E-state index in [0.717, 1.165) is 57.5 Å². The van der Waals surface area contributed by atoms with E-state index in [1.165, 1.54) is 0 Å². The van der Waals surface area contributed by atoms with Crippen LogP contribution in [0.2, 0.25) is 0 Å². The van der Waals surface area contributed by atoms with Crippen LogP contribution in [0, 0.1) is 0 Å². The summed E-state index contributed by atoms with van der Waals surface area (Å²) < 4.78 is 10.7. The number of methoxy groups -OCH3 is 1. The second-order valence-corrected chi connectivity index (χ2v) is 5.50. The van der Waals surface area contributed by atoms with E-state index in [2.05, 4.69) is 34.5 Å². The van der Waals surface area contributed by atoms with Crippen LogP contribution in [0.1, 0.15) is 13.3 Å². The SMILES string of the molecule is CCNC(=NCCCOc1ccccc1)NCCN(C)CCOC. The Kier molecular flexibility index (Phi) is 11.5. The van der Waals surface area contributed by atoms with Crippen LogP contribution >= 0.6 is 0 Å². The van der Waals surface area contributed by atoms with Crippen molar-refractivity contribution in [2.75, 3.05) is 60.1 Å². The van der Waals surface area contributed by atoms with Crippen molar-refractivity contribution in [2.45, 2.75) is 13.3 Å². The number of nitrogens with one attached hydrogen (secondary N) is 2. The number of ether oxygens (including phenoxy) is 2. The fourth-order valence-corrected chi connectivity index (χ4v) is 2.03. The molecule has 6 heteroatoms. The Morgan fingerprint density at radius 3 is 2.62 bits per heavy atom. The van der Waals surface area contributed by atoms with Gasteiger partial charge in [0.2, 0.25) is 0 Å². The predicted molar refractivity (Wildman–Crippen MR) is 99.9 cm³/mol. The van der Waals surface area contributed by atoms with Crippen molar-refractivity contribution in [3.05, 3.63) is 30.3 Å². The molecule has 6 nitrogen and oxygen atoms in total. The maximum atomic E-state index is 5.67. The lowest BCUT2D eigenvalue weighted by atomic mass is 10.3. The van der Waals surface area contributed by atoms with Gasteiger partial charge in [0, 0.05) is 46.3 Å². The standard InChI is InChI=1S/C18H32N4O2/c1-4-19-18(21-12-13-22(2)14-16-23-3)20-11-8-15-24-17-9-6-5-7-10-17/h5-7,9-10H,4,8,11-16H2,1-3H3,(H2,19,20,21). The van der Waals surface area contributed by atoms with Gasteiger partial charge < -0.3 is 25.0 Å². The third-order valence-electron chi connectivity index (χ3n) is 3.39. The van der Waals surface area contributed by atoms with E-state index >= 15 is 0 Å². The highest BCUT2D eigenvalue weighted by molar-refractivity contribution is 5.79. The fourth-order valence-electron chi connectivity index (χ4n) is 2.03. The lowest BCUT2D eigenvalue weighted by molar-refractivity contribution is 0.162. The zero-order valence-corrected chi connectivity index (χ0v) is 15.3. The minimum Gasteiger partial charge on any atom is -0.494 e. The lowest BCUT2D eigenvalue weighted by Crippen LogP contribution is -2.41. The van der Waals surface area contributed by atoms with Crippen molar-refractivity contribution in [3.63, 3.8) is 0 Å². The number of rotatable bonds is 12. The van der Waals surface area contributed by atoms with Crippen LogP contribution < -0.4 is 15.4 Å². The summed E-state index contributed by atoms with van der Waals surface area (Å²) in [5.41, 5.74) is 0.